The van der Waals surface area contributed by atoms with Crippen LogP contribution in [0.5, 0.6) is 0 Å². The van der Waals surface area contributed by atoms with Crippen LogP contribution in [0.1, 0.15) is 34.2 Å². The summed E-state index contributed by atoms with van der Waals surface area (Å²) in [6.07, 6.45) is 0.650. The quantitative estimate of drug-likeness (QED) is 0.900. The fourth-order valence-electron chi connectivity index (χ4n) is 1.86. The number of aromatic nitrogens is 2. The molecule has 2 rings (SSSR count). The molecule has 0 aliphatic heterocycles. The first-order valence-corrected chi connectivity index (χ1v) is 5.71. The van der Waals surface area contributed by atoms with Gasteiger partial charge < -0.3 is 9.63 Å². The van der Waals surface area contributed by atoms with Crippen LogP contribution in [0.2, 0.25) is 0 Å². The summed E-state index contributed by atoms with van der Waals surface area (Å²) in [7, 11) is 0. The number of benzene rings is 1. The third-order valence-corrected chi connectivity index (χ3v) is 2.83. The summed E-state index contributed by atoms with van der Waals surface area (Å²) in [5, 5.41) is 13.1. The van der Waals surface area contributed by atoms with Crippen LogP contribution in [-0.4, -0.2) is 21.2 Å². The second-order valence-corrected chi connectivity index (χ2v) is 4.12. The van der Waals surface area contributed by atoms with Crippen molar-refractivity contribution >= 4 is 5.97 Å². The number of nitrogens with zero attached hydrogens (tertiary/aromatic N) is 2. The highest BCUT2D eigenvalue weighted by Gasteiger charge is 2.21. The molecule has 0 aliphatic rings. The minimum atomic E-state index is -0.984. The molecular formula is C13H14N2O3. The Labute approximate surface area is 104 Å². The molecule has 1 N–H and O–H groups in total. The Morgan fingerprint density at radius 3 is 2.56 bits per heavy atom. The zero-order chi connectivity index (χ0) is 13.3. The van der Waals surface area contributed by atoms with E-state index in [2.05, 4.69) is 10.1 Å². The second kappa shape index (κ2) is 4.60. The molecule has 0 saturated heterocycles. The minimum Gasteiger partial charge on any atom is -0.478 e. The molecule has 0 aliphatic carbocycles. The van der Waals surface area contributed by atoms with Crippen LogP contribution >= 0.6 is 0 Å². The van der Waals surface area contributed by atoms with Gasteiger partial charge in [0.1, 0.15) is 0 Å². The Morgan fingerprint density at radius 1 is 1.33 bits per heavy atom. The van der Waals surface area contributed by atoms with Gasteiger partial charge in [0.15, 0.2) is 5.82 Å². The Balaban J connectivity index is 2.69. The Bertz CT molecular complexity index is 602. The Hall–Kier alpha value is -2.17. The van der Waals surface area contributed by atoms with E-state index in [1.807, 2.05) is 19.9 Å². The SMILES string of the molecule is CCc1noc(-c2c(C)ccc(C)c2C(=O)O)n1. The van der Waals surface area contributed by atoms with Crippen LogP contribution in [0.25, 0.3) is 11.5 Å². The van der Waals surface area contributed by atoms with E-state index in [1.54, 1.807) is 13.0 Å². The first-order chi connectivity index (χ1) is 8.54. The molecule has 5 heteroatoms. The van der Waals surface area contributed by atoms with Crippen LogP contribution in [0, 0.1) is 13.8 Å². The van der Waals surface area contributed by atoms with E-state index < -0.39 is 5.97 Å². The van der Waals surface area contributed by atoms with Gasteiger partial charge in [0, 0.05) is 6.42 Å². The first kappa shape index (κ1) is 12.3. The highest BCUT2D eigenvalue weighted by molar-refractivity contribution is 5.97. The fourth-order valence-corrected chi connectivity index (χ4v) is 1.86. The number of carboxylic acid groups (broad SMARTS) is 1. The maximum atomic E-state index is 11.4. The van der Waals surface area contributed by atoms with Gasteiger partial charge in [-0.3, -0.25) is 0 Å². The highest BCUT2D eigenvalue weighted by atomic mass is 16.5. The second-order valence-electron chi connectivity index (χ2n) is 4.12. The number of aromatic carboxylic acids is 1. The molecule has 18 heavy (non-hydrogen) atoms. The van der Waals surface area contributed by atoms with Gasteiger partial charge in [-0.25, -0.2) is 4.79 Å². The lowest BCUT2D eigenvalue weighted by atomic mass is 9.97. The van der Waals surface area contributed by atoms with Crippen LogP contribution in [0.3, 0.4) is 0 Å². The van der Waals surface area contributed by atoms with Crippen molar-refractivity contribution in [1.82, 2.24) is 10.1 Å². The van der Waals surface area contributed by atoms with Crippen molar-refractivity contribution < 1.29 is 14.4 Å². The molecule has 0 unspecified atom stereocenters. The molecule has 0 bridgehead atoms. The highest BCUT2D eigenvalue weighted by Crippen LogP contribution is 2.28. The van der Waals surface area contributed by atoms with Crippen LogP contribution in [0.15, 0.2) is 16.7 Å². The molecule has 0 atom stereocenters. The predicted molar refractivity (Wildman–Crippen MR) is 65.5 cm³/mol. The van der Waals surface area contributed by atoms with Crippen LogP contribution in [-0.2, 0) is 6.42 Å². The van der Waals surface area contributed by atoms with Gasteiger partial charge in [0.2, 0.25) is 0 Å². The molecule has 0 saturated carbocycles. The molecule has 0 fully saturated rings. The standard InChI is InChI=1S/C13H14N2O3/c1-4-9-14-12(18-15-9)10-7(2)5-6-8(3)11(10)13(16)17/h5-6H,4H2,1-3H3,(H,16,17). The lowest BCUT2D eigenvalue weighted by molar-refractivity contribution is 0.0696. The van der Waals surface area contributed by atoms with E-state index in [-0.39, 0.29) is 11.5 Å². The van der Waals surface area contributed by atoms with Gasteiger partial charge in [-0.15, -0.1) is 0 Å². The molecule has 0 amide bonds. The molecule has 1 heterocycles. The van der Waals surface area contributed by atoms with Gasteiger partial charge in [-0.1, -0.05) is 24.2 Å². The van der Waals surface area contributed by atoms with E-state index in [0.29, 0.717) is 23.4 Å². The Kier molecular flexibility index (Phi) is 3.14. The summed E-state index contributed by atoms with van der Waals surface area (Å²) < 4.78 is 5.14. The molecule has 94 valence electrons. The summed E-state index contributed by atoms with van der Waals surface area (Å²) in [6, 6.07) is 3.63. The molecule has 2 aromatic rings. The first-order valence-electron chi connectivity index (χ1n) is 5.71. The van der Waals surface area contributed by atoms with Gasteiger partial charge in [-0.05, 0) is 25.0 Å². The minimum absolute atomic E-state index is 0.223. The van der Waals surface area contributed by atoms with Crippen molar-refractivity contribution in [2.45, 2.75) is 27.2 Å². The number of rotatable bonds is 3. The van der Waals surface area contributed by atoms with Crippen LogP contribution in [0.4, 0.5) is 0 Å². The van der Waals surface area contributed by atoms with Gasteiger partial charge in [0.05, 0.1) is 11.1 Å². The molecule has 0 spiro atoms. The van der Waals surface area contributed by atoms with Crippen molar-refractivity contribution in [3.05, 3.63) is 34.6 Å². The normalized spacial score (nSPS) is 10.6. The monoisotopic (exact) mass is 246 g/mol. The van der Waals surface area contributed by atoms with Crippen molar-refractivity contribution in [2.24, 2.45) is 0 Å². The molecule has 1 aromatic carbocycles. The number of hydrogen-bond acceptors (Lipinski definition) is 4. The fraction of sp³-hybridized carbons (Fsp3) is 0.308. The largest absolute Gasteiger partial charge is 0.478 e. The van der Waals surface area contributed by atoms with Gasteiger partial charge in [-0.2, -0.15) is 4.98 Å². The molecule has 5 nitrogen and oxygen atoms in total. The lowest BCUT2D eigenvalue weighted by Gasteiger charge is -2.08. The Morgan fingerprint density at radius 2 is 2.00 bits per heavy atom. The number of carboxylic acids is 1. The third kappa shape index (κ3) is 1.99. The zero-order valence-electron chi connectivity index (χ0n) is 10.5. The van der Waals surface area contributed by atoms with E-state index in [4.69, 9.17) is 4.52 Å². The molecular weight excluding hydrogens is 232 g/mol. The topological polar surface area (TPSA) is 76.2 Å². The molecule has 0 radical (unpaired) electrons. The zero-order valence-corrected chi connectivity index (χ0v) is 10.5. The summed E-state index contributed by atoms with van der Waals surface area (Å²) in [6.45, 7) is 5.50. The number of carbonyl (C=O) groups is 1. The lowest BCUT2D eigenvalue weighted by Crippen LogP contribution is -2.04. The number of hydrogen-bond donors (Lipinski definition) is 1. The van der Waals surface area contributed by atoms with Gasteiger partial charge >= 0.3 is 5.97 Å². The average molecular weight is 246 g/mol. The summed E-state index contributed by atoms with van der Waals surface area (Å²) in [4.78, 5) is 15.6. The number of aryl methyl sites for hydroxylation is 3. The average Bonchev–Trinajstić information content (AvgIpc) is 2.79. The van der Waals surface area contributed by atoms with Crippen LogP contribution < -0.4 is 0 Å². The third-order valence-electron chi connectivity index (χ3n) is 2.83. The maximum absolute atomic E-state index is 11.4. The van der Waals surface area contributed by atoms with Crippen molar-refractivity contribution in [2.75, 3.05) is 0 Å². The molecule has 1 aromatic heterocycles. The van der Waals surface area contributed by atoms with Crippen molar-refractivity contribution in [3.63, 3.8) is 0 Å². The van der Waals surface area contributed by atoms with E-state index in [0.717, 1.165) is 5.56 Å². The van der Waals surface area contributed by atoms with Crippen molar-refractivity contribution in [3.8, 4) is 11.5 Å². The van der Waals surface area contributed by atoms with Crippen molar-refractivity contribution in [1.29, 1.82) is 0 Å². The smallest absolute Gasteiger partial charge is 0.336 e. The summed E-state index contributed by atoms with van der Waals surface area (Å²) >= 11 is 0. The van der Waals surface area contributed by atoms with E-state index >= 15 is 0 Å². The van der Waals surface area contributed by atoms with Gasteiger partial charge in [0.25, 0.3) is 5.89 Å². The van der Waals surface area contributed by atoms with E-state index in [1.165, 1.54) is 0 Å². The van der Waals surface area contributed by atoms with E-state index in [9.17, 15) is 9.90 Å². The predicted octanol–water partition coefficient (Wildman–Crippen LogP) is 2.61. The summed E-state index contributed by atoms with van der Waals surface area (Å²) in [5.41, 5.74) is 2.22. The summed E-state index contributed by atoms with van der Waals surface area (Å²) in [5.74, 6) is -0.143. The maximum Gasteiger partial charge on any atom is 0.336 e.